The van der Waals surface area contributed by atoms with Gasteiger partial charge in [0, 0.05) is 22.8 Å². The number of ether oxygens (including phenoxy) is 2. The molecule has 7 nitrogen and oxygen atoms in total. The summed E-state index contributed by atoms with van der Waals surface area (Å²) in [5.41, 5.74) is 1.07. The number of hydrogen-bond donors (Lipinski definition) is 2. The van der Waals surface area contributed by atoms with Crippen molar-refractivity contribution in [2.24, 2.45) is 0 Å². The fourth-order valence-corrected chi connectivity index (χ4v) is 2.84. The molecule has 164 valence electrons. The van der Waals surface area contributed by atoms with Crippen LogP contribution in [0, 0.1) is 0 Å². The highest BCUT2D eigenvalue weighted by Crippen LogP contribution is 2.22. The molecule has 0 spiro atoms. The van der Waals surface area contributed by atoms with Crippen LogP contribution < -0.4 is 15.4 Å². The first-order chi connectivity index (χ1) is 15.5. The minimum absolute atomic E-state index is 0.0724. The van der Waals surface area contributed by atoms with Gasteiger partial charge in [-0.1, -0.05) is 35.9 Å². The van der Waals surface area contributed by atoms with Crippen molar-refractivity contribution in [2.45, 2.75) is 12.8 Å². The Morgan fingerprint density at radius 1 is 0.719 bits per heavy atom. The molecule has 0 bridgehead atoms. The Kier molecular flexibility index (Phi) is 8.22. The van der Waals surface area contributed by atoms with E-state index in [1.807, 2.05) is 30.3 Å². The number of carbonyl (C=O) groups is 3. The summed E-state index contributed by atoms with van der Waals surface area (Å²) in [6.07, 6.45) is -0.220. The number of rotatable bonds is 9. The molecule has 0 atom stereocenters. The van der Waals surface area contributed by atoms with Gasteiger partial charge in [0.25, 0.3) is 5.91 Å². The Labute approximate surface area is 190 Å². The zero-order valence-electron chi connectivity index (χ0n) is 17.0. The Hall–Kier alpha value is -3.84. The topological polar surface area (TPSA) is 93.7 Å². The highest BCUT2D eigenvalue weighted by Gasteiger charge is 2.11. The van der Waals surface area contributed by atoms with Crippen LogP contribution in [0.2, 0.25) is 5.02 Å². The van der Waals surface area contributed by atoms with Crippen molar-refractivity contribution < 1.29 is 23.9 Å². The smallest absolute Gasteiger partial charge is 0.306 e. The zero-order valence-corrected chi connectivity index (χ0v) is 17.8. The molecule has 0 saturated carbocycles. The second kappa shape index (κ2) is 11.5. The highest BCUT2D eigenvalue weighted by atomic mass is 35.5. The lowest BCUT2D eigenvalue weighted by atomic mass is 10.2. The standard InChI is InChI=1S/C24H21ClN2O5/c25-17-5-4-6-19(15-17)27-23(29)16-31-24(30)14-13-22(28)26-18-9-11-21(12-10-18)32-20-7-2-1-3-8-20/h1-12,15H,13-14,16H2,(H,26,28)(H,27,29). The molecule has 3 aromatic carbocycles. The van der Waals surface area contributed by atoms with Gasteiger partial charge in [0.15, 0.2) is 6.61 Å². The van der Waals surface area contributed by atoms with E-state index >= 15 is 0 Å². The van der Waals surface area contributed by atoms with Crippen LogP contribution in [-0.2, 0) is 19.1 Å². The number of para-hydroxylation sites is 1. The monoisotopic (exact) mass is 452 g/mol. The van der Waals surface area contributed by atoms with E-state index in [4.69, 9.17) is 21.1 Å². The largest absolute Gasteiger partial charge is 0.457 e. The average Bonchev–Trinajstić information content (AvgIpc) is 2.78. The van der Waals surface area contributed by atoms with Crippen LogP contribution in [0.15, 0.2) is 78.9 Å². The summed E-state index contributed by atoms with van der Waals surface area (Å²) < 4.78 is 10.6. The molecule has 0 aliphatic rings. The Morgan fingerprint density at radius 2 is 1.41 bits per heavy atom. The predicted octanol–water partition coefficient (Wildman–Crippen LogP) is 5.03. The van der Waals surface area contributed by atoms with Crippen molar-refractivity contribution in [3.05, 3.63) is 83.9 Å². The van der Waals surface area contributed by atoms with Crippen LogP contribution in [0.5, 0.6) is 11.5 Å². The van der Waals surface area contributed by atoms with Crippen molar-refractivity contribution >= 4 is 40.8 Å². The SMILES string of the molecule is O=C(CCC(=O)OCC(=O)Nc1cccc(Cl)c1)Nc1ccc(Oc2ccccc2)cc1. The number of carbonyl (C=O) groups excluding carboxylic acids is 3. The van der Waals surface area contributed by atoms with Gasteiger partial charge < -0.3 is 20.1 Å². The van der Waals surface area contributed by atoms with Crippen LogP contribution in [0.3, 0.4) is 0 Å². The summed E-state index contributed by atoms with van der Waals surface area (Å²) in [5.74, 6) is -0.143. The molecule has 0 radical (unpaired) electrons. The lowest BCUT2D eigenvalue weighted by Gasteiger charge is -2.09. The van der Waals surface area contributed by atoms with Gasteiger partial charge in [-0.3, -0.25) is 14.4 Å². The highest BCUT2D eigenvalue weighted by molar-refractivity contribution is 6.30. The van der Waals surface area contributed by atoms with E-state index in [-0.39, 0.29) is 18.7 Å². The van der Waals surface area contributed by atoms with Crippen molar-refractivity contribution in [3.63, 3.8) is 0 Å². The molecule has 8 heteroatoms. The van der Waals surface area contributed by atoms with E-state index < -0.39 is 18.5 Å². The van der Waals surface area contributed by atoms with E-state index in [0.717, 1.165) is 0 Å². The fourth-order valence-electron chi connectivity index (χ4n) is 2.65. The Morgan fingerprint density at radius 3 is 2.12 bits per heavy atom. The van der Waals surface area contributed by atoms with Crippen molar-refractivity contribution in [3.8, 4) is 11.5 Å². The molecular formula is C24H21ClN2O5. The van der Waals surface area contributed by atoms with E-state index in [1.165, 1.54) is 0 Å². The molecule has 0 aliphatic heterocycles. The third kappa shape index (κ3) is 7.77. The van der Waals surface area contributed by atoms with Gasteiger partial charge in [0.05, 0.1) is 6.42 Å². The molecule has 0 unspecified atom stereocenters. The number of halogens is 1. The van der Waals surface area contributed by atoms with Crippen LogP contribution in [0.25, 0.3) is 0 Å². The molecule has 0 heterocycles. The van der Waals surface area contributed by atoms with Crippen molar-refractivity contribution in [1.82, 2.24) is 0 Å². The maximum Gasteiger partial charge on any atom is 0.306 e. The first-order valence-corrected chi connectivity index (χ1v) is 10.2. The summed E-state index contributed by atoms with van der Waals surface area (Å²) in [6, 6.07) is 22.8. The van der Waals surface area contributed by atoms with Crippen LogP contribution in [0.1, 0.15) is 12.8 Å². The molecule has 0 aromatic heterocycles. The van der Waals surface area contributed by atoms with Crippen molar-refractivity contribution in [1.29, 1.82) is 0 Å². The average molecular weight is 453 g/mol. The normalized spacial score (nSPS) is 10.2. The maximum absolute atomic E-state index is 12.1. The Bertz CT molecular complexity index is 1070. The number of amides is 2. The second-order valence-corrected chi connectivity index (χ2v) is 7.14. The third-order valence-corrected chi connectivity index (χ3v) is 4.38. The maximum atomic E-state index is 12.1. The van der Waals surface area contributed by atoms with Crippen LogP contribution in [0.4, 0.5) is 11.4 Å². The van der Waals surface area contributed by atoms with Crippen LogP contribution in [-0.4, -0.2) is 24.4 Å². The molecule has 0 fully saturated rings. The van der Waals surface area contributed by atoms with E-state index in [0.29, 0.717) is 27.9 Å². The minimum atomic E-state index is -0.645. The number of benzene rings is 3. The molecule has 0 aliphatic carbocycles. The molecule has 3 aromatic rings. The third-order valence-electron chi connectivity index (χ3n) is 4.15. The molecule has 0 saturated heterocycles. The number of hydrogen-bond acceptors (Lipinski definition) is 5. The van der Waals surface area contributed by atoms with Gasteiger partial charge in [-0.15, -0.1) is 0 Å². The second-order valence-electron chi connectivity index (χ2n) is 6.71. The number of anilines is 2. The first kappa shape index (κ1) is 22.8. The van der Waals surface area contributed by atoms with Gasteiger partial charge in [-0.2, -0.15) is 0 Å². The first-order valence-electron chi connectivity index (χ1n) is 9.82. The van der Waals surface area contributed by atoms with Gasteiger partial charge in [-0.25, -0.2) is 0 Å². The summed E-state index contributed by atoms with van der Waals surface area (Å²) in [7, 11) is 0. The number of nitrogens with one attached hydrogen (secondary N) is 2. The van der Waals surface area contributed by atoms with Gasteiger partial charge >= 0.3 is 5.97 Å². The fraction of sp³-hybridized carbons (Fsp3) is 0.125. The van der Waals surface area contributed by atoms with Gasteiger partial charge in [0.1, 0.15) is 11.5 Å². The molecule has 32 heavy (non-hydrogen) atoms. The summed E-state index contributed by atoms with van der Waals surface area (Å²) in [5, 5.41) is 5.74. The molecule has 2 N–H and O–H groups in total. The van der Waals surface area contributed by atoms with E-state index in [2.05, 4.69) is 10.6 Å². The van der Waals surface area contributed by atoms with E-state index in [9.17, 15) is 14.4 Å². The van der Waals surface area contributed by atoms with E-state index in [1.54, 1.807) is 48.5 Å². The summed E-state index contributed by atoms with van der Waals surface area (Å²) >= 11 is 5.84. The molecule has 3 rings (SSSR count). The molecule has 2 amide bonds. The summed E-state index contributed by atoms with van der Waals surface area (Å²) in [6.45, 7) is -0.449. The predicted molar refractivity (Wildman–Crippen MR) is 122 cm³/mol. The van der Waals surface area contributed by atoms with Crippen LogP contribution >= 0.6 is 11.6 Å². The Balaban J connectivity index is 1.36. The zero-order chi connectivity index (χ0) is 22.8. The minimum Gasteiger partial charge on any atom is -0.457 e. The van der Waals surface area contributed by atoms with Gasteiger partial charge in [0.2, 0.25) is 5.91 Å². The van der Waals surface area contributed by atoms with Crippen molar-refractivity contribution in [2.75, 3.05) is 17.2 Å². The number of esters is 1. The summed E-state index contributed by atoms with van der Waals surface area (Å²) in [4.78, 5) is 35.7. The lowest BCUT2D eigenvalue weighted by Crippen LogP contribution is -2.21. The van der Waals surface area contributed by atoms with Gasteiger partial charge in [-0.05, 0) is 54.6 Å². The molecular weight excluding hydrogens is 432 g/mol. The quantitative estimate of drug-likeness (QED) is 0.444. The lowest BCUT2D eigenvalue weighted by molar-refractivity contribution is -0.147.